The van der Waals surface area contributed by atoms with Crippen molar-refractivity contribution in [3.63, 3.8) is 0 Å². The highest BCUT2D eigenvalue weighted by atomic mass is 35.5. The molecule has 0 spiro atoms. The Hall–Kier alpha value is -2.40. The van der Waals surface area contributed by atoms with Crippen LogP contribution in [0, 0.1) is 0 Å². The lowest BCUT2D eigenvalue weighted by molar-refractivity contribution is -0.136. The highest BCUT2D eigenvalue weighted by molar-refractivity contribution is 6.30. The van der Waals surface area contributed by atoms with E-state index in [0.717, 1.165) is 28.9 Å². The van der Waals surface area contributed by atoms with E-state index in [0.29, 0.717) is 29.5 Å². The smallest absolute Gasteiger partial charge is 0.303 e. The molecule has 0 aliphatic carbocycles. The van der Waals surface area contributed by atoms with Gasteiger partial charge in [-0.3, -0.25) is 4.79 Å². The number of aliphatic carboxylic acids is 1. The first-order valence-corrected chi connectivity index (χ1v) is 12.2. The van der Waals surface area contributed by atoms with Crippen molar-refractivity contribution < 1.29 is 24.1 Å². The summed E-state index contributed by atoms with van der Waals surface area (Å²) < 4.78 is 17.4. The van der Waals surface area contributed by atoms with Crippen LogP contribution in [0.5, 0.6) is 17.2 Å². The SMILES string of the molecule is CC.CC.CC.COc1cc(OCc2cc(Cl)cc3c2OC(C)(C)C3)ccc1CCC(=O)O. The van der Waals surface area contributed by atoms with E-state index in [4.69, 9.17) is 30.9 Å². The molecule has 0 atom stereocenters. The third kappa shape index (κ3) is 9.55. The minimum atomic E-state index is -0.838. The molecule has 5 nitrogen and oxygen atoms in total. The van der Waals surface area contributed by atoms with Gasteiger partial charge in [0.15, 0.2) is 0 Å². The molecule has 1 N–H and O–H groups in total. The average Bonchev–Trinajstić information content (AvgIpc) is 3.13. The van der Waals surface area contributed by atoms with E-state index < -0.39 is 5.97 Å². The van der Waals surface area contributed by atoms with Gasteiger partial charge >= 0.3 is 5.97 Å². The van der Waals surface area contributed by atoms with Gasteiger partial charge in [-0.2, -0.15) is 0 Å². The molecule has 0 unspecified atom stereocenters. The molecule has 1 aliphatic heterocycles. The number of benzene rings is 2. The molecule has 1 aliphatic rings. The summed E-state index contributed by atoms with van der Waals surface area (Å²) in [6.07, 6.45) is 1.27. The molecule has 186 valence electrons. The van der Waals surface area contributed by atoms with Crippen LogP contribution in [0.4, 0.5) is 0 Å². The summed E-state index contributed by atoms with van der Waals surface area (Å²) in [5.74, 6) is 1.25. The molecule has 2 aromatic rings. The topological polar surface area (TPSA) is 65.0 Å². The van der Waals surface area contributed by atoms with Gasteiger partial charge in [0.1, 0.15) is 29.5 Å². The third-order valence-electron chi connectivity index (χ3n) is 4.46. The van der Waals surface area contributed by atoms with Gasteiger partial charge in [-0.05, 0) is 49.6 Å². The number of methoxy groups -OCH3 is 1. The second-order valence-corrected chi connectivity index (χ2v) is 7.68. The number of carboxylic acids is 1. The van der Waals surface area contributed by atoms with E-state index in [2.05, 4.69) is 0 Å². The summed E-state index contributed by atoms with van der Waals surface area (Å²) >= 11 is 6.25. The van der Waals surface area contributed by atoms with E-state index in [1.807, 2.05) is 79.7 Å². The summed E-state index contributed by atoms with van der Waals surface area (Å²) in [6.45, 7) is 16.4. The molecule has 0 bridgehead atoms. The molecule has 33 heavy (non-hydrogen) atoms. The third-order valence-corrected chi connectivity index (χ3v) is 4.68. The maximum absolute atomic E-state index is 10.8. The fraction of sp³-hybridized carbons (Fsp3) is 0.519. The van der Waals surface area contributed by atoms with Crippen LogP contribution in [0.1, 0.15) is 78.5 Å². The largest absolute Gasteiger partial charge is 0.496 e. The van der Waals surface area contributed by atoms with Crippen LogP contribution in [-0.4, -0.2) is 23.8 Å². The Morgan fingerprint density at radius 1 is 1.06 bits per heavy atom. The maximum Gasteiger partial charge on any atom is 0.303 e. The number of carbonyl (C=O) groups is 1. The van der Waals surface area contributed by atoms with E-state index >= 15 is 0 Å². The van der Waals surface area contributed by atoms with Crippen LogP contribution in [0.3, 0.4) is 0 Å². The Bertz CT molecular complexity index is 862. The Kier molecular flexibility index (Phi) is 14.3. The second kappa shape index (κ2) is 15.4. The summed E-state index contributed by atoms with van der Waals surface area (Å²) in [7, 11) is 1.56. The van der Waals surface area contributed by atoms with Crippen LogP contribution in [0.15, 0.2) is 30.3 Å². The Balaban J connectivity index is 0.00000158. The Morgan fingerprint density at radius 2 is 1.70 bits per heavy atom. The van der Waals surface area contributed by atoms with Gasteiger partial charge in [-0.15, -0.1) is 0 Å². The number of hydrogen-bond donors (Lipinski definition) is 1. The van der Waals surface area contributed by atoms with E-state index in [1.165, 1.54) is 0 Å². The predicted octanol–water partition coefficient (Wildman–Crippen LogP) is 7.74. The number of carboxylic acid groups (broad SMARTS) is 1. The minimum absolute atomic E-state index is 0.0539. The van der Waals surface area contributed by atoms with Crippen molar-refractivity contribution in [3.8, 4) is 17.2 Å². The van der Waals surface area contributed by atoms with Gasteiger partial charge in [0.2, 0.25) is 0 Å². The predicted molar refractivity (Wildman–Crippen MR) is 137 cm³/mol. The van der Waals surface area contributed by atoms with E-state index in [1.54, 1.807) is 13.2 Å². The first-order valence-electron chi connectivity index (χ1n) is 11.8. The zero-order valence-electron chi connectivity index (χ0n) is 21.7. The summed E-state index contributed by atoms with van der Waals surface area (Å²) in [5.41, 5.74) is 2.57. The summed E-state index contributed by atoms with van der Waals surface area (Å²) in [4.78, 5) is 10.8. The van der Waals surface area contributed by atoms with Crippen molar-refractivity contribution in [2.75, 3.05) is 7.11 Å². The maximum atomic E-state index is 10.8. The summed E-state index contributed by atoms with van der Waals surface area (Å²) in [5, 5.41) is 9.51. The quantitative estimate of drug-likeness (QED) is 0.439. The second-order valence-electron chi connectivity index (χ2n) is 7.25. The highest BCUT2D eigenvalue weighted by Gasteiger charge is 2.32. The van der Waals surface area contributed by atoms with Crippen LogP contribution in [-0.2, 0) is 24.2 Å². The highest BCUT2D eigenvalue weighted by Crippen LogP contribution is 2.40. The van der Waals surface area contributed by atoms with Gasteiger partial charge < -0.3 is 19.3 Å². The van der Waals surface area contributed by atoms with Gasteiger partial charge in [0.25, 0.3) is 0 Å². The number of hydrogen-bond acceptors (Lipinski definition) is 4. The summed E-state index contributed by atoms with van der Waals surface area (Å²) in [6, 6.07) is 9.22. The zero-order valence-corrected chi connectivity index (χ0v) is 22.4. The molecular formula is C27H41ClO5. The molecule has 3 rings (SSSR count). The van der Waals surface area contributed by atoms with Crippen molar-refractivity contribution in [3.05, 3.63) is 52.0 Å². The average molecular weight is 481 g/mol. The standard InChI is InChI=1S/C21H23ClO5.3C2H6/c1-21(2)11-14-8-16(22)9-15(20(14)27-21)12-26-17-6-4-13(5-7-19(23)24)18(10-17)25-3;3*1-2/h4,6,8-10H,5,7,11-12H2,1-3H3,(H,23,24);3*1-2H3. The lowest BCUT2D eigenvalue weighted by atomic mass is 10.0. The normalized spacial score (nSPS) is 12.3. The molecular weight excluding hydrogens is 440 g/mol. The van der Waals surface area contributed by atoms with Crippen molar-refractivity contribution in [2.24, 2.45) is 0 Å². The molecule has 0 saturated carbocycles. The van der Waals surface area contributed by atoms with Gasteiger partial charge in [0, 0.05) is 29.5 Å². The van der Waals surface area contributed by atoms with Crippen LogP contribution in [0.2, 0.25) is 5.02 Å². The van der Waals surface area contributed by atoms with E-state index in [-0.39, 0.29) is 12.0 Å². The molecule has 0 radical (unpaired) electrons. The molecule has 0 saturated heterocycles. The van der Waals surface area contributed by atoms with Gasteiger partial charge in [-0.1, -0.05) is 59.2 Å². The van der Waals surface area contributed by atoms with Crippen molar-refractivity contribution in [1.29, 1.82) is 0 Å². The van der Waals surface area contributed by atoms with Crippen LogP contribution < -0.4 is 14.2 Å². The van der Waals surface area contributed by atoms with Crippen molar-refractivity contribution in [2.45, 2.75) is 86.9 Å². The van der Waals surface area contributed by atoms with Gasteiger partial charge in [0.05, 0.1) is 7.11 Å². The molecule has 0 aromatic heterocycles. The van der Waals surface area contributed by atoms with Gasteiger partial charge in [-0.25, -0.2) is 0 Å². The van der Waals surface area contributed by atoms with Crippen LogP contribution >= 0.6 is 11.6 Å². The molecule has 1 heterocycles. The van der Waals surface area contributed by atoms with Crippen molar-refractivity contribution >= 4 is 17.6 Å². The fourth-order valence-corrected chi connectivity index (χ4v) is 3.54. The number of aryl methyl sites for hydroxylation is 1. The van der Waals surface area contributed by atoms with E-state index in [9.17, 15) is 4.79 Å². The number of fused-ring (bicyclic) bond motifs is 1. The lowest BCUT2D eigenvalue weighted by Crippen LogP contribution is -2.25. The molecule has 0 amide bonds. The minimum Gasteiger partial charge on any atom is -0.496 e. The number of halogens is 1. The van der Waals surface area contributed by atoms with Crippen LogP contribution in [0.25, 0.3) is 0 Å². The fourth-order valence-electron chi connectivity index (χ4n) is 3.28. The molecule has 0 fully saturated rings. The Morgan fingerprint density at radius 3 is 2.27 bits per heavy atom. The first kappa shape index (κ1) is 30.6. The van der Waals surface area contributed by atoms with Crippen molar-refractivity contribution in [1.82, 2.24) is 0 Å². The number of ether oxygens (including phenoxy) is 3. The monoisotopic (exact) mass is 480 g/mol. The lowest BCUT2D eigenvalue weighted by Gasteiger charge is -2.18. The zero-order chi connectivity index (χ0) is 25.6. The Labute approximate surface area is 205 Å². The first-order chi connectivity index (χ1) is 15.8. The molecule has 6 heteroatoms. The number of rotatable bonds is 7. The molecule has 2 aromatic carbocycles.